The lowest BCUT2D eigenvalue weighted by Gasteiger charge is -2.12. The van der Waals surface area contributed by atoms with Crippen LogP contribution in [0.4, 0.5) is 0 Å². The maximum Gasteiger partial charge on any atom is 0.179 e. The van der Waals surface area contributed by atoms with Crippen LogP contribution in [0.3, 0.4) is 0 Å². The van der Waals surface area contributed by atoms with E-state index in [-0.39, 0.29) is 0 Å². The van der Waals surface area contributed by atoms with E-state index < -0.39 is 0 Å². The third-order valence-electron chi connectivity index (χ3n) is 3.57. The van der Waals surface area contributed by atoms with Gasteiger partial charge in [-0.1, -0.05) is 41.9 Å². The average Bonchev–Trinajstić information content (AvgIpc) is 2.90. The van der Waals surface area contributed by atoms with Crippen molar-refractivity contribution in [1.29, 1.82) is 5.26 Å². The van der Waals surface area contributed by atoms with Gasteiger partial charge in [-0.05, 0) is 22.8 Å². The van der Waals surface area contributed by atoms with Gasteiger partial charge >= 0.3 is 0 Å². The molecule has 0 saturated heterocycles. The molecule has 0 unspecified atom stereocenters. The van der Waals surface area contributed by atoms with E-state index in [1.807, 2.05) is 18.2 Å². The predicted molar refractivity (Wildman–Crippen MR) is 77.1 cm³/mol. The zero-order valence-electron chi connectivity index (χ0n) is 10.6. The number of hydrogen-bond donors (Lipinski definition) is 0. The molecule has 0 fully saturated rings. The molecule has 1 heterocycles. The van der Waals surface area contributed by atoms with Crippen LogP contribution in [-0.2, 0) is 13.1 Å². The number of halogens is 1. The van der Waals surface area contributed by atoms with Gasteiger partial charge in [0.1, 0.15) is 0 Å². The fourth-order valence-electron chi connectivity index (χ4n) is 2.65. The van der Waals surface area contributed by atoms with Crippen molar-refractivity contribution < 1.29 is 4.79 Å². The minimum absolute atomic E-state index is 0.554. The molecule has 20 heavy (non-hydrogen) atoms. The van der Waals surface area contributed by atoms with Crippen LogP contribution in [0.25, 0.3) is 11.1 Å². The lowest BCUT2D eigenvalue weighted by molar-refractivity contribution is 0.112. The second kappa shape index (κ2) is 4.99. The number of rotatable bonds is 2. The molecule has 1 aliphatic rings. The largest absolute Gasteiger partial charge is 0.302 e. The summed E-state index contributed by atoms with van der Waals surface area (Å²) in [5.74, 6) is 0. The summed E-state index contributed by atoms with van der Waals surface area (Å²) in [6.07, 6.45) is 2.98. The topological polar surface area (TPSA) is 44.1 Å². The van der Waals surface area contributed by atoms with Crippen LogP contribution in [0.2, 0.25) is 5.02 Å². The van der Waals surface area contributed by atoms with E-state index in [1.54, 1.807) is 23.1 Å². The summed E-state index contributed by atoms with van der Waals surface area (Å²) in [6, 6.07) is 11.2. The number of benzene rings is 2. The van der Waals surface area contributed by atoms with Gasteiger partial charge in [-0.3, -0.25) is 4.79 Å². The molecule has 0 aromatic heterocycles. The van der Waals surface area contributed by atoms with Gasteiger partial charge in [0.05, 0.1) is 13.1 Å². The van der Waals surface area contributed by atoms with Crippen LogP contribution in [0, 0.1) is 11.5 Å². The molecule has 0 spiro atoms. The van der Waals surface area contributed by atoms with Crippen LogP contribution < -0.4 is 0 Å². The van der Waals surface area contributed by atoms with Crippen molar-refractivity contribution in [2.24, 2.45) is 0 Å². The molecule has 0 amide bonds. The molecule has 0 aliphatic carbocycles. The first-order chi connectivity index (χ1) is 9.74. The molecule has 0 saturated carbocycles. The summed E-state index contributed by atoms with van der Waals surface area (Å²) in [5.41, 5.74) is 4.45. The third-order valence-corrected chi connectivity index (χ3v) is 3.88. The van der Waals surface area contributed by atoms with Crippen molar-refractivity contribution in [1.82, 2.24) is 4.90 Å². The van der Waals surface area contributed by atoms with Gasteiger partial charge < -0.3 is 4.90 Å². The first-order valence-corrected chi connectivity index (χ1v) is 6.62. The maximum absolute atomic E-state index is 11.3. The van der Waals surface area contributed by atoms with Crippen LogP contribution in [0.5, 0.6) is 0 Å². The molecule has 2 aromatic carbocycles. The van der Waals surface area contributed by atoms with Gasteiger partial charge in [-0.2, -0.15) is 5.26 Å². The summed E-state index contributed by atoms with van der Waals surface area (Å²) in [7, 11) is 0. The molecule has 2 aromatic rings. The standard InChI is InChI=1S/C16H11ClN2O/c17-15-6-2-4-12(9-20)16(15)13-5-1-3-11-7-19(10-18)8-14(11)13/h1-6,9H,7-8H2. The van der Waals surface area contributed by atoms with Gasteiger partial charge in [0.25, 0.3) is 0 Å². The Morgan fingerprint density at radius 1 is 1.20 bits per heavy atom. The number of fused-ring (bicyclic) bond motifs is 1. The number of carbonyl (C=O) groups excluding carboxylic acids is 1. The lowest BCUT2D eigenvalue weighted by atomic mass is 9.94. The lowest BCUT2D eigenvalue weighted by Crippen LogP contribution is -2.07. The Kier molecular flexibility index (Phi) is 3.17. The van der Waals surface area contributed by atoms with Crippen molar-refractivity contribution in [2.75, 3.05) is 0 Å². The van der Waals surface area contributed by atoms with Gasteiger partial charge in [0, 0.05) is 16.1 Å². The highest BCUT2D eigenvalue weighted by atomic mass is 35.5. The summed E-state index contributed by atoms with van der Waals surface area (Å²) in [5, 5.41) is 9.60. The van der Waals surface area contributed by atoms with Crippen LogP contribution >= 0.6 is 11.6 Å². The molecule has 0 N–H and O–H groups in total. The van der Waals surface area contributed by atoms with E-state index in [0.29, 0.717) is 23.7 Å². The third kappa shape index (κ3) is 1.95. The van der Waals surface area contributed by atoms with E-state index in [1.165, 1.54) is 0 Å². The first kappa shape index (κ1) is 12.7. The molecule has 0 bridgehead atoms. The van der Waals surface area contributed by atoms with Crippen molar-refractivity contribution in [3.8, 4) is 17.3 Å². The number of nitriles is 1. The molecule has 0 atom stereocenters. The van der Waals surface area contributed by atoms with E-state index in [9.17, 15) is 4.79 Å². The second-order valence-corrected chi connectivity index (χ2v) is 5.13. The molecule has 1 aliphatic heterocycles. The quantitative estimate of drug-likeness (QED) is 0.624. The zero-order chi connectivity index (χ0) is 14.1. The highest BCUT2D eigenvalue weighted by Crippen LogP contribution is 2.37. The monoisotopic (exact) mass is 282 g/mol. The highest BCUT2D eigenvalue weighted by Gasteiger charge is 2.23. The maximum atomic E-state index is 11.3. The Bertz CT molecular complexity index is 734. The van der Waals surface area contributed by atoms with Crippen LogP contribution in [0.15, 0.2) is 36.4 Å². The normalized spacial score (nSPS) is 12.9. The zero-order valence-corrected chi connectivity index (χ0v) is 11.4. The van der Waals surface area contributed by atoms with Crippen molar-refractivity contribution >= 4 is 17.9 Å². The minimum atomic E-state index is 0.554. The molecule has 3 nitrogen and oxygen atoms in total. The number of hydrogen-bond acceptors (Lipinski definition) is 3. The highest BCUT2D eigenvalue weighted by molar-refractivity contribution is 6.34. The van der Waals surface area contributed by atoms with Gasteiger partial charge in [0.2, 0.25) is 0 Å². The summed E-state index contributed by atoms with van der Waals surface area (Å²) >= 11 is 6.28. The van der Waals surface area contributed by atoms with Crippen LogP contribution in [-0.4, -0.2) is 11.2 Å². The molecule has 4 heteroatoms. The number of carbonyl (C=O) groups is 1. The Morgan fingerprint density at radius 2 is 2.00 bits per heavy atom. The average molecular weight is 283 g/mol. The van der Waals surface area contributed by atoms with Crippen LogP contribution in [0.1, 0.15) is 21.5 Å². The van der Waals surface area contributed by atoms with Gasteiger partial charge in [-0.15, -0.1) is 0 Å². The number of nitrogens with zero attached hydrogens (tertiary/aromatic N) is 2. The SMILES string of the molecule is N#CN1Cc2cccc(-c3c(Cl)cccc3C=O)c2C1. The van der Waals surface area contributed by atoms with E-state index >= 15 is 0 Å². The van der Waals surface area contributed by atoms with E-state index in [0.717, 1.165) is 28.5 Å². The van der Waals surface area contributed by atoms with E-state index in [2.05, 4.69) is 6.19 Å². The molecule has 0 radical (unpaired) electrons. The Morgan fingerprint density at radius 3 is 2.75 bits per heavy atom. The van der Waals surface area contributed by atoms with E-state index in [4.69, 9.17) is 16.9 Å². The second-order valence-electron chi connectivity index (χ2n) is 4.72. The number of aldehydes is 1. The fourth-order valence-corrected chi connectivity index (χ4v) is 2.93. The minimum Gasteiger partial charge on any atom is -0.302 e. The van der Waals surface area contributed by atoms with Gasteiger partial charge in [0.15, 0.2) is 12.5 Å². The molecular weight excluding hydrogens is 272 g/mol. The van der Waals surface area contributed by atoms with Crippen molar-refractivity contribution in [2.45, 2.75) is 13.1 Å². The van der Waals surface area contributed by atoms with Gasteiger partial charge in [-0.25, -0.2) is 0 Å². The molecule has 3 rings (SSSR count). The Hall–Kier alpha value is -2.31. The molecular formula is C16H11ClN2O. The smallest absolute Gasteiger partial charge is 0.179 e. The Balaban J connectivity index is 2.22. The van der Waals surface area contributed by atoms with Crippen molar-refractivity contribution in [3.05, 3.63) is 58.1 Å². The summed E-state index contributed by atoms with van der Waals surface area (Å²) in [6.45, 7) is 1.17. The first-order valence-electron chi connectivity index (χ1n) is 6.24. The van der Waals surface area contributed by atoms with Crippen molar-refractivity contribution in [3.63, 3.8) is 0 Å². The summed E-state index contributed by atoms with van der Waals surface area (Å²) < 4.78 is 0. The molecule has 98 valence electrons. The summed E-state index contributed by atoms with van der Waals surface area (Å²) in [4.78, 5) is 12.9. The fraction of sp³-hybridized carbons (Fsp3) is 0.125. The Labute approximate surface area is 122 Å². The predicted octanol–water partition coefficient (Wildman–Crippen LogP) is 3.62.